The summed E-state index contributed by atoms with van der Waals surface area (Å²) in [4.78, 5) is 10.8. The molecule has 80 valence electrons. The van der Waals surface area contributed by atoms with Gasteiger partial charge in [0.05, 0.1) is 12.8 Å². The van der Waals surface area contributed by atoms with Gasteiger partial charge in [-0.15, -0.1) is 0 Å². The molecule has 0 bridgehead atoms. The maximum Gasteiger partial charge on any atom is 0.427 e. The Bertz CT molecular complexity index is 363. The third-order valence-corrected chi connectivity index (χ3v) is 1.52. The van der Waals surface area contributed by atoms with E-state index < -0.39 is 6.09 Å². The van der Waals surface area contributed by atoms with Gasteiger partial charge in [0.1, 0.15) is 5.75 Å². The summed E-state index contributed by atoms with van der Waals surface area (Å²) in [5.74, 6) is 0.148. The number of aromatic hydroxyl groups is 1. The molecule has 1 aromatic carbocycles. The number of nitrogens with one attached hydrogen (secondary N) is 1. The SMILES string of the molecule is CCOC(=O)NN=Cc1cccc(O)c1. The van der Waals surface area contributed by atoms with Gasteiger partial charge in [0, 0.05) is 0 Å². The van der Waals surface area contributed by atoms with Gasteiger partial charge in [-0.1, -0.05) is 12.1 Å². The summed E-state index contributed by atoms with van der Waals surface area (Å²) in [6, 6.07) is 6.50. The topological polar surface area (TPSA) is 70.9 Å². The van der Waals surface area contributed by atoms with Crippen molar-refractivity contribution in [3.8, 4) is 5.75 Å². The third kappa shape index (κ3) is 4.12. The van der Waals surface area contributed by atoms with Gasteiger partial charge in [0.25, 0.3) is 0 Å². The Morgan fingerprint density at radius 3 is 3.13 bits per heavy atom. The van der Waals surface area contributed by atoms with E-state index in [1.807, 2.05) is 0 Å². The number of phenolic OH excluding ortho intramolecular Hbond substituents is 1. The Morgan fingerprint density at radius 1 is 1.67 bits per heavy atom. The summed E-state index contributed by atoms with van der Waals surface area (Å²) in [5.41, 5.74) is 2.87. The van der Waals surface area contributed by atoms with Crippen molar-refractivity contribution in [2.45, 2.75) is 6.92 Å². The average molecular weight is 208 g/mol. The lowest BCUT2D eigenvalue weighted by Gasteiger charge is -1.98. The van der Waals surface area contributed by atoms with Crippen LogP contribution in [0.2, 0.25) is 0 Å². The van der Waals surface area contributed by atoms with Crippen LogP contribution in [0.15, 0.2) is 29.4 Å². The van der Waals surface area contributed by atoms with Crippen LogP contribution < -0.4 is 5.43 Å². The monoisotopic (exact) mass is 208 g/mol. The van der Waals surface area contributed by atoms with Crippen LogP contribution in [-0.2, 0) is 4.74 Å². The number of nitrogens with zero attached hydrogens (tertiary/aromatic N) is 1. The molecule has 5 heteroatoms. The first kappa shape index (κ1) is 11.0. The molecule has 0 spiro atoms. The van der Waals surface area contributed by atoms with Crippen LogP contribution in [0.1, 0.15) is 12.5 Å². The maximum absolute atomic E-state index is 10.8. The van der Waals surface area contributed by atoms with Crippen molar-refractivity contribution in [1.29, 1.82) is 0 Å². The molecule has 0 saturated heterocycles. The molecule has 1 rings (SSSR count). The molecular formula is C10H12N2O3. The number of benzene rings is 1. The number of ether oxygens (including phenoxy) is 1. The number of hydrazone groups is 1. The molecule has 0 aliphatic rings. The normalized spacial score (nSPS) is 10.2. The van der Waals surface area contributed by atoms with Crippen molar-refractivity contribution in [2.75, 3.05) is 6.61 Å². The Kier molecular flexibility index (Phi) is 4.15. The van der Waals surface area contributed by atoms with Gasteiger partial charge in [0.15, 0.2) is 0 Å². The molecule has 15 heavy (non-hydrogen) atoms. The molecule has 1 aromatic rings. The summed E-state index contributed by atoms with van der Waals surface area (Å²) in [6.07, 6.45) is 0.810. The molecule has 1 amide bonds. The molecule has 0 aliphatic carbocycles. The predicted octanol–water partition coefficient (Wildman–Crippen LogP) is 1.47. The standard InChI is InChI=1S/C10H12N2O3/c1-2-15-10(14)12-11-7-8-4-3-5-9(13)6-8/h3-7,13H,2H2,1H3,(H,12,14). The number of carbonyl (C=O) groups is 1. The van der Waals surface area contributed by atoms with E-state index in [-0.39, 0.29) is 5.75 Å². The fraction of sp³-hybridized carbons (Fsp3) is 0.200. The summed E-state index contributed by atoms with van der Waals surface area (Å²) in [6.45, 7) is 2.01. The molecule has 5 nitrogen and oxygen atoms in total. The van der Waals surface area contributed by atoms with Crippen molar-refractivity contribution in [3.05, 3.63) is 29.8 Å². The molecule has 2 N–H and O–H groups in total. The van der Waals surface area contributed by atoms with Crippen molar-refractivity contribution in [2.24, 2.45) is 5.10 Å². The molecule has 0 fully saturated rings. The quantitative estimate of drug-likeness (QED) is 0.583. The second kappa shape index (κ2) is 5.64. The Hall–Kier alpha value is -2.04. The van der Waals surface area contributed by atoms with E-state index in [1.165, 1.54) is 12.3 Å². The third-order valence-electron chi connectivity index (χ3n) is 1.52. The Morgan fingerprint density at radius 2 is 2.47 bits per heavy atom. The van der Waals surface area contributed by atoms with E-state index in [1.54, 1.807) is 25.1 Å². The second-order valence-corrected chi connectivity index (χ2v) is 2.69. The van der Waals surface area contributed by atoms with E-state index in [0.717, 1.165) is 0 Å². The smallest absolute Gasteiger partial charge is 0.427 e. The number of hydrogen-bond donors (Lipinski definition) is 2. The summed E-state index contributed by atoms with van der Waals surface area (Å²) in [5, 5.41) is 12.8. The molecule has 0 aromatic heterocycles. The first-order chi connectivity index (χ1) is 7.22. The lowest BCUT2D eigenvalue weighted by atomic mass is 10.2. The highest BCUT2D eigenvalue weighted by Gasteiger charge is 1.95. The maximum atomic E-state index is 10.8. The molecule has 0 atom stereocenters. The van der Waals surface area contributed by atoms with E-state index in [4.69, 9.17) is 5.11 Å². The van der Waals surface area contributed by atoms with Gasteiger partial charge in [-0.25, -0.2) is 10.2 Å². The summed E-state index contributed by atoms with van der Waals surface area (Å²) >= 11 is 0. The van der Waals surface area contributed by atoms with Crippen molar-refractivity contribution < 1.29 is 14.6 Å². The number of carbonyl (C=O) groups excluding carboxylic acids is 1. The first-order valence-electron chi connectivity index (χ1n) is 4.47. The van der Waals surface area contributed by atoms with Gasteiger partial charge >= 0.3 is 6.09 Å². The number of rotatable bonds is 3. The minimum absolute atomic E-state index is 0.148. The van der Waals surface area contributed by atoms with Crippen LogP contribution in [0.3, 0.4) is 0 Å². The Labute approximate surface area is 87.4 Å². The number of hydrogen-bond acceptors (Lipinski definition) is 4. The summed E-state index contributed by atoms with van der Waals surface area (Å²) < 4.78 is 4.59. The largest absolute Gasteiger partial charge is 0.508 e. The van der Waals surface area contributed by atoms with Crippen LogP contribution in [-0.4, -0.2) is 24.0 Å². The van der Waals surface area contributed by atoms with E-state index in [9.17, 15) is 4.79 Å². The van der Waals surface area contributed by atoms with Crippen LogP contribution in [0.25, 0.3) is 0 Å². The van der Waals surface area contributed by atoms with Crippen LogP contribution in [0.5, 0.6) is 5.75 Å². The zero-order valence-corrected chi connectivity index (χ0v) is 8.30. The van der Waals surface area contributed by atoms with Crippen LogP contribution >= 0.6 is 0 Å². The minimum Gasteiger partial charge on any atom is -0.508 e. The molecule has 0 radical (unpaired) electrons. The molecule has 0 saturated carbocycles. The van der Waals surface area contributed by atoms with Gasteiger partial charge in [-0.2, -0.15) is 5.10 Å². The summed E-state index contributed by atoms with van der Waals surface area (Å²) in [7, 11) is 0. The molecule has 0 heterocycles. The van der Waals surface area contributed by atoms with Gasteiger partial charge in [0.2, 0.25) is 0 Å². The van der Waals surface area contributed by atoms with E-state index >= 15 is 0 Å². The van der Waals surface area contributed by atoms with Crippen LogP contribution in [0.4, 0.5) is 4.79 Å². The van der Waals surface area contributed by atoms with E-state index in [2.05, 4.69) is 15.3 Å². The van der Waals surface area contributed by atoms with Gasteiger partial charge in [-0.3, -0.25) is 0 Å². The second-order valence-electron chi connectivity index (χ2n) is 2.69. The van der Waals surface area contributed by atoms with Crippen molar-refractivity contribution >= 4 is 12.3 Å². The highest BCUT2D eigenvalue weighted by Crippen LogP contribution is 2.08. The fourth-order valence-electron chi connectivity index (χ4n) is 0.928. The minimum atomic E-state index is -0.603. The first-order valence-corrected chi connectivity index (χ1v) is 4.47. The van der Waals surface area contributed by atoms with E-state index in [0.29, 0.717) is 12.2 Å². The Balaban J connectivity index is 2.48. The van der Waals surface area contributed by atoms with Crippen molar-refractivity contribution in [3.63, 3.8) is 0 Å². The van der Waals surface area contributed by atoms with Gasteiger partial charge in [-0.05, 0) is 24.6 Å². The zero-order chi connectivity index (χ0) is 11.1. The highest BCUT2D eigenvalue weighted by molar-refractivity contribution is 5.81. The zero-order valence-electron chi connectivity index (χ0n) is 8.30. The predicted molar refractivity (Wildman–Crippen MR) is 55.9 cm³/mol. The highest BCUT2D eigenvalue weighted by atomic mass is 16.5. The van der Waals surface area contributed by atoms with Crippen LogP contribution in [0, 0.1) is 0 Å². The number of amides is 1. The number of phenols is 1. The lowest BCUT2D eigenvalue weighted by Crippen LogP contribution is -2.18. The van der Waals surface area contributed by atoms with Gasteiger partial charge < -0.3 is 9.84 Å². The molecular weight excluding hydrogens is 196 g/mol. The fourth-order valence-corrected chi connectivity index (χ4v) is 0.928. The molecule has 0 aliphatic heterocycles. The lowest BCUT2D eigenvalue weighted by molar-refractivity contribution is 0.152. The molecule has 0 unspecified atom stereocenters. The van der Waals surface area contributed by atoms with Crippen molar-refractivity contribution in [1.82, 2.24) is 5.43 Å². The average Bonchev–Trinajstić information content (AvgIpc) is 2.18.